The van der Waals surface area contributed by atoms with E-state index in [1.54, 1.807) is 34.5 Å². The molecular weight excluding hydrogens is 772 g/mol. The van der Waals surface area contributed by atoms with Crippen molar-refractivity contribution in [1.29, 1.82) is 0 Å². The maximum Gasteiger partial charge on any atom is 0.161 e. The van der Waals surface area contributed by atoms with Crippen LogP contribution in [-0.2, 0) is 17.6 Å². The Kier molecular flexibility index (Phi) is 21.8. The van der Waals surface area contributed by atoms with Crippen LogP contribution in [0.2, 0.25) is 0 Å². The highest BCUT2D eigenvalue weighted by Gasteiger charge is 2.41. The van der Waals surface area contributed by atoms with E-state index >= 15 is 0 Å². The first kappa shape index (κ1) is 49.8. The van der Waals surface area contributed by atoms with E-state index in [0.717, 1.165) is 86.6 Å². The van der Waals surface area contributed by atoms with Crippen molar-refractivity contribution in [3.63, 3.8) is 0 Å². The van der Waals surface area contributed by atoms with E-state index in [1.165, 1.54) is 28.7 Å². The van der Waals surface area contributed by atoms with Crippen molar-refractivity contribution in [3.05, 3.63) is 59.2 Å². The van der Waals surface area contributed by atoms with Crippen molar-refractivity contribution in [3.8, 4) is 23.0 Å². The number of allylic oxidation sites excluding steroid dienone is 1. The molecular formula is C46H77BrN2O7. The van der Waals surface area contributed by atoms with Crippen molar-refractivity contribution >= 4 is 15.9 Å². The molecule has 56 heavy (non-hydrogen) atoms. The van der Waals surface area contributed by atoms with Gasteiger partial charge in [0, 0.05) is 56.8 Å². The van der Waals surface area contributed by atoms with E-state index in [4.69, 9.17) is 28.8 Å². The third kappa shape index (κ3) is 12.8. The lowest BCUT2D eigenvalue weighted by Gasteiger charge is -2.47. The fourth-order valence-electron chi connectivity index (χ4n) is 9.00. The first-order chi connectivity index (χ1) is 26.0. The number of aliphatic hydroxyl groups excluding tert-OH is 2. The van der Waals surface area contributed by atoms with Crippen molar-refractivity contribution < 1.29 is 33.9 Å². The minimum absolute atomic E-state index is 0. The molecule has 9 nitrogen and oxygen atoms in total. The second-order valence-corrected chi connectivity index (χ2v) is 16.7. The van der Waals surface area contributed by atoms with Crippen molar-refractivity contribution in [2.24, 2.45) is 23.7 Å². The van der Waals surface area contributed by atoms with Crippen LogP contribution in [0, 0.1) is 23.7 Å². The Morgan fingerprint density at radius 3 is 1.61 bits per heavy atom. The van der Waals surface area contributed by atoms with E-state index in [0.29, 0.717) is 48.8 Å². The number of hydrogen-bond donors (Lipinski definition) is 2. The van der Waals surface area contributed by atoms with Crippen molar-refractivity contribution in [2.75, 3.05) is 73.2 Å². The molecule has 0 bridgehead atoms. The van der Waals surface area contributed by atoms with Gasteiger partial charge in [0.25, 0.3) is 0 Å². The lowest BCUT2D eigenvalue weighted by Crippen LogP contribution is -2.49. The summed E-state index contributed by atoms with van der Waals surface area (Å²) in [7, 11) is 6.76. The lowest BCUT2D eigenvalue weighted by atomic mass is 9.79. The third-order valence-electron chi connectivity index (χ3n) is 11.4. The second-order valence-electron chi connectivity index (χ2n) is 16.1. The van der Waals surface area contributed by atoms with Gasteiger partial charge in [-0.15, -0.1) is 6.58 Å². The molecule has 4 aliphatic rings. The van der Waals surface area contributed by atoms with Crippen molar-refractivity contribution in [2.45, 2.75) is 112 Å². The number of ether oxygens (including phenoxy) is 5. The van der Waals surface area contributed by atoms with Crippen LogP contribution in [0.1, 0.15) is 109 Å². The lowest BCUT2D eigenvalue weighted by molar-refractivity contribution is -0.0662. The highest BCUT2D eigenvalue weighted by Crippen LogP contribution is 2.45. The minimum atomic E-state index is -0.210. The predicted octanol–water partition coefficient (Wildman–Crippen LogP) is 9.31. The minimum Gasteiger partial charge on any atom is -0.493 e. The molecule has 6 atom stereocenters. The molecule has 2 aromatic rings. The number of rotatable bonds is 13. The van der Waals surface area contributed by atoms with Crippen LogP contribution in [0.3, 0.4) is 0 Å². The molecule has 0 saturated carbocycles. The van der Waals surface area contributed by atoms with Crippen LogP contribution in [0.4, 0.5) is 0 Å². The molecule has 4 aliphatic heterocycles. The summed E-state index contributed by atoms with van der Waals surface area (Å²) < 4.78 is 28.2. The van der Waals surface area contributed by atoms with Crippen LogP contribution in [-0.4, -0.2) is 105 Å². The summed E-state index contributed by atoms with van der Waals surface area (Å²) in [6.07, 6.45) is 8.74. The summed E-state index contributed by atoms with van der Waals surface area (Å²) in [4.78, 5) is 5.18. The number of piperidine rings is 2. The largest absolute Gasteiger partial charge is 0.493 e. The molecule has 4 heterocycles. The second kappa shape index (κ2) is 24.6. The van der Waals surface area contributed by atoms with E-state index in [-0.39, 0.29) is 33.7 Å². The van der Waals surface area contributed by atoms with Gasteiger partial charge in [-0.25, -0.2) is 0 Å². The summed E-state index contributed by atoms with van der Waals surface area (Å²) in [5, 5.41) is 20.6. The number of nitrogens with zero attached hydrogens (tertiary/aromatic N) is 2. The Labute approximate surface area is 349 Å². The molecule has 0 spiro atoms. The number of alkyl halides is 1. The fourth-order valence-corrected chi connectivity index (χ4v) is 9.00. The van der Waals surface area contributed by atoms with Gasteiger partial charge in [-0.1, -0.05) is 64.6 Å². The molecule has 6 rings (SSSR count). The maximum absolute atomic E-state index is 10.6. The van der Waals surface area contributed by atoms with Crippen LogP contribution in [0.5, 0.6) is 23.0 Å². The van der Waals surface area contributed by atoms with Crippen LogP contribution >= 0.6 is 15.9 Å². The predicted molar refractivity (Wildman–Crippen MR) is 235 cm³/mol. The number of fused-ring (bicyclic) bond motifs is 6. The first-order valence-electron chi connectivity index (χ1n) is 20.1. The Hall–Kier alpha value is -2.34. The Morgan fingerprint density at radius 1 is 0.750 bits per heavy atom. The highest BCUT2D eigenvalue weighted by molar-refractivity contribution is 9.09. The van der Waals surface area contributed by atoms with Gasteiger partial charge in [-0.3, -0.25) is 9.80 Å². The Bertz CT molecular complexity index is 1460. The molecule has 2 saturated heterocycles. The molecule has 0 radical (unpaired) electrons. The molecule has 2 fully saturated rings. The molecule has 320 valence electrons. The van der Waals surface area contributed by atoms with Gasteiger partial charge in [0.2, 0.25) is 0 Å². The quantitative estimate of drug-likeness (QED) is 0.116. The van der Waals surface area contributed by atoms with Gasteiger partial charge in [0.1, 0.15) is 0 Å². The number of benzene rings is 2. The number of methoxy groups -OCH3 is 4. The molecule has 2 aromatic carbocycles. The molecule has 0 aromatic heterocycles. The standard InChI is InChI=1S/C22H35NO4.C19H29NO3.C3H5Br.2CH4/c1-15(2)10-17-14-23-7-6-16-11-21(25-3)22(26-4)12-18(16)19(23)13-20(17)27-9-5-8-24;1-12(2)7-14-11-20-6-5-13-8-18(22-3)19(23-4)9-15(13)16(20)10-17(14)21;1-2-3-4;;/h11-12,15,17,19-20,24H,5-10,13-14H2,1-4H3;8-9,12,14,16-17,21H,5-7,10-11H2,1-4H3;2H,1,3H2;2*1H4/t17-,19-,20-;14-,16-,17-;;;/m11.../s1. The van der Waals surface area contributed by atoms with Gasteiger partial charge >= 0.3 is 0 Å². The molecule has 10 heteroatoms. The smallest absolute Gasteiger partial charge is 0.161 e. The van der Waals surface area contributed by atoms with Crippen LogP contribution < -0.4 is 18.9 Å². The van der Waals surface area contributed by atoms with E-state index in [9.17, 15) is 5.11 Å². The van der Waals surface area contributed by atoms with Crippen molar-refractivity contribution in [1.82, 2.24) is 9.80 Å². The summed E-state index contributed by atoms with van der Waals surface area (Å²) in [5.74, 6) is 5.45. The van der Waals surface area contributed by atoms with Crippen LogP contribution in [0.15, 0.2) is 36.9 Å². The Balaban J connectivity index is 0.000000345. The van der Waals surface area contributed by atoms with E-state index in [1.807, 2.05) is 0 Å². The normalized spacial score (nSPS) is 23.9. The Morgan fingerprint density at radius 2 is 1.18 bits per heavy atom. The zero-order valence-electron chi connectivity index (χ0n) is 34.3. The monoisotopic (exact) mass is 848 g/mol. The van der Waals surface area contributed by atoms with Crippen LogP contribution in [0.25, 0.3) is 0 Å². The number of aliphatic hydroxyl groups is 2. The topological polar surface area (TPSA) is 93.1 Å². The van der Waals surface area contributed by atoms with Gasteiger partial charge in [-0.2, -0.15) is 0 Å². The maximum atomic E-state index is 10.6. The van der Waals surface area contributed by atoms with Gasteiger partial charge in [-0.05, 0) is 115 Å². The zero-order valence-corrected chi connectivity index (χ0v) is 35.9. The summed E-state index contributed by atoms with van der Waals surface area (Å²) in [5.41, 5.74) is 5.36. The third-order valence-corrected chi connectivity index (χ3v) is 11.9. The van der Waals surface area contributed by atoms with E-state index < -0.39 is 0 Å². The highest BCUT2D eigenvalue weighted by atomic mass is 79.9. The SMILES string of the molecule is C.C.C=CCBr.COc1cc2c(cc1OC)[C@H]1C[C@@H](O)[C@H](CC(C)C)CN1CC2.COc1cc2c(cc1OC)[C@H]1C[C@@H](OCCCO)[C@H](CC(C)C)CN1CC2. The summed E-state index contributed by atoms with van der Waals surface area (Å²) in [6.45, 7) is 17.6. The molecule has 0 unspecified atom stereocenters. The molecule has 2 N–H and O–H groups in total. The molecule has 0 amide bonds. The van der Waals surface area contributed by atoms with Gasteiger partial charge in [0.05, 0.1) is 40.6 Å². The molecule has 0 aliphatic carbocycles. The average molecular weight is 850 g/mol. The van der Waals surface area contributed by atoms with Gasteiger partial charge < -0.3 is 33.9 Å². The first-order valence-corrected chi connectivity index (χ1v) is 21.2. The average Bonchev–Trinajstić information content (AvgIpc) is 3.17. The van der Waals surface area contributed by atoms with E-state index in [2.05, 4.69) is 84.3 Å². The summed E-state index contributed by atoms with van der Waals surface area (Å²) >= 11 is 3.13. The number of halogens is 1. The summed E-state index contributed by atoms with van der Waals surface area (Å²) in [6, 6.07) is 9.21. The zero-order chi connectivity index (χ0) is 39.4. The number of hydrogen-bond acceptors (Lipinski definition) is 9. The van der Waals surface area contributed by atoms with Gasteiger partial charge in [0.15, 0.2) is 23.0 Å². The fraction of sp³-hybridized carbons (Fsp3) is 0.696.